The molecule has 15 heavy (non-hydrogen) atoms. The summed E-state index contributed by atoms with van der Waals surface area (Å²) in [6.07, 6.45) is 5.10. The second kappa shape index (κ2) is 6.49. The van der Waals surface area contributed by atoms with Crippen molar-refractivity contribution in [3.8, 4) is 5.75 Å². The Kier molecular flexibility index (Phi) is 5.23. The zero-order chi connectivity index (χ0) is 11.1. The first-order valence-corrected chi connectivity index (χ1v) is 5.95. The van der Waals surface area contributed by atoms with E-state index in [1.165, 1.54) is 31.2 Å². The van der Waals surface area contributed by atoms with Crippen molar-refractivity contribution in [2.75, 3.05) is 7.11 Å². The molecule has 0 aliphatic heterocycles. The molecular formula is C14H22O. The lowest BCUT2D eigenvalue weighted by atomic mass is 9.91. The minimum Gasteiger partial charge on any atom is -0.497 e. The van der Waals surface area contributed by atoms with Crippen LogP contribution in [0.1, 0.15) is 51.0 Å². The fraction of sp³-hybridized carbons (Fsp3) is 0.571. The summed E-state index contributed by atoms with van der Waals surface area (Å²) in [4.78, 5) is 0. The maximum Gasteiger partial charge on any atom is 0.119 e. The minimum absolute atomic E-state index is 0.694. The summed E-state index contributed by atoms with van der Waals surface area (Å²) in [5.74, 6) is 1.67. The van der Waals surface area contributed by atoms with Crippen LogP contribution in [-0.2, 0) is 0 Å². The van der Waals surface area contributed by atoms with E-state index in [9.17, 15) is 0 Å². The number of unbranched alkanes of at least 4 members (excludes halogenated alkanes) is 1. The molecule has 1 aromatic rings. The lowest BCUT2D eigenvalue weighted by Crippen LogP contribution is -1.97. The Labute approximate surface area is 93.5 Å². The maximum absolute atomic E-state index is 5.25. The minimum atomic E-state index is 0.694. The first kappa shape index (κ1) is 12.1. The van der Waals surface area contributed by atoms with Crippen LogP contribution in [0.4, 0.5) is 0 Å². The molecule has 0 saturated carbocycles. The third-order valence-electron chi connectivity index (χ3n) is 2.96. The molecule has 1 atom stereocenters. The molecule has 0 amide bonds. The standard InChI is InChI=1S/C14H22O/c1-4-6-8-12(5-2)13-9-7-10-14(11-13)15-3/h7,9-12H,4-6,8H2,1-3H3. The van der Waals surface area contributed by atoms with Gasteiger partial charge in [-0.3, -0.25) is 0 Å². The highest BCUT2D eigenvalue weighted by atomic mass is 16.5. The molecule has 1 nitrogen and oxygen atoms in total. The van der Waals surface area contributed by atoms with E-state index in [0.717, 1.165) is 5.75 Å². The second-order valence-electron chi connectivity index (χ2n) is 4.02. The van der Waals surface area contributed by atoms with Crippen molar-refractivity contribution in [1.29, 1.82) is 0 Å². The predicted octanol–water partition coefficient (Wildman–Crippen LogP) is 4.38. The molecule has 84 valence electrons. The fourth-order valence-corrected chi connectivity index (χ4v) is 1.95. The van der Waals surface area contributed by atoms with Crippen LogP contribution in [0.3, 0.4) is 0 Å². The van der Waals surface area contributed by atoms with E-state index in [1.807, 2.05) is 6.07 Å². The quantitative estimate of drug-likeness (QED) is 0.671. The summed E-state index contributed by atoms with van der Waals surface area (Å²) in [6, 6.07) is 8.48. The lowest BCUT2D eigenvalue weighted by Gasteiger charge is -2.15. The van der Waals surface area contributed by atoms with Gasteiger partial charge >= 0.3 is 0 Å². The average molecular weight is 206 g/mol. The van der Waals surface area contributed by atoms with Crippen molar-refractivity contribution in [1.82, 2.24) is 0 Å². The van der Waals surface area contributed by atoms with Crippen LogP contribution in [-0.4, -0.2) is 7.11 Å². The van der Waals surface area contributed by atoms with Gasteiger partial charge in [0.25, 0.3) is 0 Å². The number of rotatable bonds is 6. The smallest absolute Gasteiger partial charge is 0.119 e. The number of benzene rings is 1. The molecule has 0 fully saturated rings. The highest BCUT2D eigenvalue weighted by Crippen LogP contribution is 2.27. The molecule has 1 unspecified atom stereocenters. The highest BCUT2D eigenvalue weighted by Gasteiger charge is 2.09. The van der Waals surface area contributed by atoms with Crippen molar-refractivity contribution in [2.45, 2.75) is 45.4 Å². The molecule has 0 bridgehead atoms. The van der Waals surface area contributed by atoms with E-state index < -0.39 is 0 Å². The monoisotopic (exact) mass is 206 g/mol. The Morgan fingerprint density at radius 1 is 1.27 bits per heavy atom. The van der Waals surface area contributed by atoms with Crippen LogP contribution >= 0.6 is 0 Å². The molecule has 0 radical (unpaired) electrons. The van der Waals surface area contributed by atoms with E-state index in [1.54, 1.807) is 7.11 Å². The van der Waals surface area contributed by atoms with Crippen molar-refractivity contribution in [2.24, 2.45) is 0 Å². The van der Waals surface area contributed by atoms with Crippen LogP contribution < -0.4 is 4.74 Å². The van der Waals surface area contributed by atoms with Gasteiger partial charge in [0.2, 0.25) is 0 Å². The SMILES string of the molecule is CCCCC(CC)c1cccc(OC)c1. The molecule has 0 spiro atoms. The molecule has 1 rings (SSSR count). The topological polar surface area (TPSA) is 9.23 Å². The van der Waals surface area contributed by atoms with Crippen LogP contribution in [0.2, 0.25) is 0 Å². The van der Waals surface area contributed by atoms with E-state index in [4.69, 9.17) is 4.74 Å². The first-order chi connectivity index (χ1) is 7.31. The number of ether oxygens (including phenoxy) is 1. The van der Waals surface area contributed by atoms with Crippen LogP contribution in [0.15, 0.2) is 24.3 Å². The molecular weight excluding hydrogens is 184 g/mol. The van der Waals surface area contributed by atoms with Crippen molar-refractivity contribution in [3.63, 3.8) is 0 Å². The van der Waals surface area contributed by atoms with Crippen LogP contribution in [0.25, 0.3) is 0 Å². The van der Waals surface area contributed by atoms with Crippen LogP contribution in [0.5, 0.6) is 5.75 Å². The van der Waals surface area contributed by atoms with E-state index in [0.29, 0.717) is 5.92 Å². The zero-order valence-corrected chi connectivity index (χ0v) is 10.1. The lowest BCUT2D eigenvalue weighted by molar-refractivity contribution is 0.413. The molecule has 0 aliphatic carbocycles. The number of hydrogen-bond donors (Lipinski definition) is 0. The van der Waals surface area contributed by atoms with E-state index in [2.05, 4.69) is 32.0 Å². The number of methoxy groups -OCH3 is 1. The fourth-order valence-electron chi connectivity index (χ4n) is 1.95. The zero-order valence-electron chi connectivity index (χ0n) is 10.1. The molecule has 0 saturated heterocycles. The molecule has 0 N–H and O–H groups in total. The van der Waals surface area contributed by atoms with Crippen LogP contribution in [0, 0.1) is 0 Å². The summed E-state index contributed by atoms with van der Waals surface area (Å²) in [7, 11) is 1.73. The van der Waals surface area contributed by atoms with Gasteiger partial charge in [-0.2, -0.15) is 0 Å². The molecule has 0 heterocycles. The Bertz CT molecular complexity index is 280. The maximum atomic E-state index is 5.25. The van der Waals surface area contributed by atoms with Gasteiger partial charge in [0, 0.05) is 0 Å². The van der Waals surface area contributed by atoms with Crippen molar-refractivity contribution < 1.29 is 4.74 Å². The third kappa shape index (κ3) is 3.58. The highest BCUT2D eigenvalue weighted by molar-refractivity contribution is 5.30. The Morgan fingerprint density at radius 2 is 2.07 bits per heavy atom. The number of hydrogen-bond acceptors (Lipinski definition) is 1. The normalized spacial score (nSPS) is 12.5. The molecule has 0 aliphatic rings. The molecule has 1 aromatic carbocycles. The van der Waals surface area contributed by atoms with Crippen molar-refractivity contribution in [3.05, 3.63) is 29.8 Å². The predicted molar refractivity (Wildman–Crippen MR) is 65.6 cm³/mol. The largest absolute Gasteiger partial charge is 0.497 e. The summed E-state index contributed by atoms with van der Waals surface area (Å²) in [5, 5.41) is 0. The first-order valence-electron chi connectivity index (χ1n) is 5.95. The summed E-state index contributed by atoms with van der Waals surface area (Å²) in [6.45, 7) is 4.51. The van der Waals surface area contributed by atoms with Gasteiger partial charge in [-0.1, -0.05) is 38.8 Å². The third-order valence-corrected chi connectivity index (χ3v) is 2.96. The van der Waals surface area contributed by atoms with Gasteiger partial charge in [0.05, 0.1) is 7.11 Å². The second-order valence-corrected chi connectivity index (χ2v) is 4.02. The molecule has 1 heteroatoms. The van der Waals surface area contributed by atoms with Crippen molar-refractivity contribution >= 4 is 0 Å². The van der Waals surface area contributed by atoms with E-state index >= 15 is 0 Å². The average Bonchev–Trinajstić information content (AvgIpc) is 2.30. The Morgan fingerprint density at radius 3 is 2.67 bits per heavy atom. The van der Waals surface area contributed by atoms with Gasteiger partial charge in [-0.25, -0.2) is 0 Å². The summed E-state index contributed by atoms with van der Waals surface area (Å²) >= 11 is 0. The Hall–Kier alpha value is -0.980. The van der Waals surface area contributed by atoms with Gasteiger partial charge < -0.3 is 4.74 Å². The van der Waals surface area contributed by atoms with Gasteiger partial charge in [-0.15, -0.1) is 0 Å². The van der Waals surface area contributed by atoms with E-state index in [-0.39, 0.29) is 0 Å². The molecule has 0 aromatic heterocycles. The van der Waals surface area contributed by atoms with Gasteiger partial charge in [0.1, 0.15) is 5.75 Å². The summed E-state index contributed by atoms with van der Waals surface area (Å²) < 4.78 is 5.25. The summed E-state index contributed by atoms with van der Waals surface area (Å²) in [5.41, 5.74) is 1.42. The Balaban J connectivity index is 2.72. The van der Waals surface area contributed by atoms with Gasteiger partial charge in [-0.05, 0) is 36.5 Å². The van der Waals surface area contributed by atoms with Gasteiger partial charge in [0.15, 0.2) is 0 Å².